The Hall–Kier alpha value is -1.40. The molecule has 2 aromatic rings. The van der Waals surface area contributed by atoms with Gasteiger partial charge in [0.05, 0.1) is 11.6 Å². The molecule has 2 N–H and O–H groups in total. The van der Waals surface area contributed by atoms with Crippen LogP contribution >= 0.6 is 15.9 Å². The van der Waals surface area contributed by atoms with Crippen molar-refractivity contribution in [1.29, 1.82) is 0 Å². The Morgan fingerprint density at radius 2 is 1.76 bits per heavy atom. The molecule has 1 atom stereocenters. The van der Waals surface area contributed by atoms with Gasteiger partial charge in [0.25, 0.3) is 0 Å². The van der Waals surface area contributed by atoms with Crippen LogP contribution in [0, 0.1) is 12.7 Å². The summed E-state index contributed by atoms with van der Waals surface area (Å²) in [5.74, 6) is -0.469. The van der Waals surface area contributed by atoms with Crippen LogP contribution in [-0.4, -0.2) is 0 Å². The number of alkyl halides is 3. The van der Waals surface area contributed by atoms with Gasteiger partial charge in [-0.2, -0.15) is 13.2 Å². The van der Waals surface area contributed by atoms with Crippen LogP contribution in [0.25, 0.3) is 0 Å². The largest absolute Gasteiger partial charge is 0.416 e. The Labute approximate surface area is 127 Å². The molecule has 21 heavy (non-hydrogen) atoms. The summed E-state index contributed by atoms with van der Waals surface area (Å²) in [6.07, 6.45) is -4.45. The van der Waals surface area contributed by atoms with Crippen LogP contribution < -0.4 is 5.73 Å². The second kappa shape index (κ2) is 5.77. The first-order chi connectivity index (χ1) is 9.68. The summed E-state index contributed by atoms with van der Waals surface area (Å²) >= 11 is 3.19. The van der Waals surface area contributed by atoms with Gasteiger partial charge >= 0.3 is 6.18 Å². The molecule has 0 heterocycles. The van der Waals surface area contributed by atoms with E-state index in [-0.39, 0.29) is 5.56 Å². The lowest BCUT2D eigenvalue weighted by Gasteiger charge is -2.17. The average molecular weight is 362 g/mol. The van der Waals surface area contributed by atoms with E-state index in [0.717, 1.165) is 12.1 Å². The Bertz CT molecular complexity index is 647. The summed E-state index contributed by atoms with van der Waals surface area (Å²) in [5.41, 5.74) is 6.55. The first kappa shape index (κ1) is 16.0. The highest BCUT2D eigenvalue weighted by atomic mass is 79.9. The molecule has 112 valence electrons. The Balaban J connectivity index is 2.49. The quantitative estimate of drug-likeness (QED) is 0.751. The predicted octanol–water partition coefficient (Wildman–Crippen LogP) is 4.96. The summed E-state index contributed by atoms with van der Waals surface area (Å²) in [6.45, 7) is 1.69. The molecule has 0 amide bonds. The van der Waals surface area contributed by atoms with Crippen LogP contribution in [0.15, 0.2) is 40.9 Å². The van der Waals surface area contributed by atoms with Crippen molar-refractivity contribution in [2.75, 3.05) is 0 Å². The normalized spacial score (nSPS) is 13.3. The van der Waals surface area contributed by atoms with Crippen molar-refractivity contribution in [2.45, 2.75) is 19.1 Å². The van der Waals surface area contributed by atoms with Gasteiger partial charge in [-0.25, -0.2) is 4.39 Å². The van der Waals surface area contributed by atoms with E-state index in [0.29, 0.717) is 15.6 Å². The molecule has 1 nitrogen and oxygen atoms in total. The maximum Gasteiger partial charge on any atom is 0.416 e. The van der Waals surface area contributed by atoms with Crippen LogP contribution in [-0.2, 0) is 6.18 Å². The number of hydrogen-bond acceptors (Lipinski definition) is 1. The molecular weight excluding hydrogens is 350 g/mol. The van der Waals surface area contributed by atoms with E-state index in [2.05, 4.69) is 15.9 Å². The van der Waals surface area contributed by atoms with E-state index in [1.54, 1.807) is 13.0 Å². The molecule has 6 heteroatoms. The zero-order valence-electron chi connectivity index (χ0n) is 11.0. The van der Waals surface area contributed by atoms with Gasteiger partial charge in [-0.3, -0.25) is 0 Å². The third-order valence-corrected chi connectivity index (χ3v) is 3.80. The summed E-state index contributed by atoms with van der Waals surface area (Å²) in [6, 6.07) is 6.61. The Morgan fingerprint density at radius 1 is 1.10 bits per heavy atom. The van der Waals surface area contributed by atoms with E-state index in [4.69, 9.17) is 5.73 Å². The highest BCUT2D eigenvalue weighted by Gasteiger charge is 2.31. The predicted molar refractivity (Wildman–Crippen MR) is 76.3 cm³/mol. The minimum Gasteiger partial charge on any atom is -0.320 e. The van der Waals surface area contributed by atoms with E-state index in [1.165, 1.54) is 18.2 Å². The SMILES string of the molecule is Cc1cc(F)cc(C(N)c2cc(C(F)(F)F)ccc2Br)c1. The number of rotatable bonds is 2. The Morgan fingerprint density at radius 3 is 2.33 bits per heavy atom. The fraction of sp³-hybridized carbons (Fsp3) is 0.200. The maximum atomic E-state index is 13.4. The highest BCUT2D eigenvalue weighted by Crippen LogP contribution is 2.35. The van der Waals surface area contributed by atoms with Crippen molar-refractivity contribution in [2.24, 2.45) is 5.73 Å². The summed E-state index contributed by atoms with van der Waals surface area (Å²) in [4.78, 5) is 0. The third kappa shape index (κ3) is 3.63. The monoisotopic (exact) mass is 361 g/mol. The fourth-order valence-corrected chi connectivity index (χ4v) is 2.58. The second-order valence-corrected chi connectivity index (χ2v) is 5.63. The van der Waals surface area contributed by atoms with E-state index < -0.39 is 23.6 Å². The number of benzene rings is 2. The number of nitrogens with two attached hydrogens (primary N) is 1. The molecule has 0 bridgehead atoms. The van der Waals surface area contributed by atoms with Gasteiger partial charge in [-0.1, -0.05) is 22.0 Å². The zero-order valence-corrected chi connectivity index (χ0v) is 12.6. The van der Waals surface area contributed by atoms with Gasteiger partial charge in [0.1, 0.15) is 5.82 Å². The zero-order chi connectivity index (χ0) is 15.8. The van der Waals surface area contributed by atoms with Crippen molar-refractivity contribution >= 4 is 15.9 Å². The van der Waals surface area contributed by atoms with Crippen molar-refractivity contribution in [3.8, 4) is 0 Å². The van der Waals surface area contributed by atoms with Crippen LogP contribution in [0.3, 0.4) is 0 Å². The van der Waals surface area contributed by atoms with Crippen molar-refractivity contribution in [3.63, 3.8) is 0 Å². The van der Waals surface area contributed by atoms with Crippen molar-refractivity contribution in [1.82, 2.24) is 0 Å². The molecule has 0 aromatic heterocycles. The molecule has 0 spiro atoms. The molecule has 0 radical (unpaired) electrons. The molecule has 2 aromatic carbocycles. The van der Waals surface area contributed by atoms with Gasteiger partial charge in [-0.15, -0.1) is 0 Å². The number of aryl methyl sites for hydroxylation is 1. The first-order valence-electron chi connectivity index (χ1n) is 6.08. The van der Waals surface area contributed by atoms with Crippen LogP contribution in [0.1, 0.15) is 28.3 Å². The summed E-state index contributed by atoms with van der Waals surface area (Å²) in [5, 5.41) is 0. The van der Waals surface area contributed by atoms with E-state index in [1.807, 2.05) is 0 Å². The van der Waals surface area contributed by atoms with E-state index >= 15 is 0 Å². The fourth-order valence-electron chi connectivity index (χ4n) is 2.08. The topological polar surface area (TPSA) is 26.0 Å². The molecule has 0 aliphatic heterocycles. The minimum absolute atomic E-state index is 0.259. The maximum absolute atomic E-state index is 13.4. The van der Waals surface area contributed by atoms with Crippen molar-refractivity contribution in [3.05, 3.63) is 68.9 Å². The second-order valence-electron chi connectivity index (χ2n) is 4.77. The van der Waals surface area contributed by atoms with E-state index in [9.17, 15) is 17.6 Å². The molecule has 0 aliphatic rings. The minimum atomic E-state index is -4.45. The Kier molecular flexibility index (Phi) is 4.39. The molecule has 0 saturated heterocycles. The number of halogens is 5. The summed E-state index contributed by atoms with van der Waals surface area (Å²) in [7, 11) is 0. The molecule has 0 saturated carbocycles. The van der Waals surface area contributed by atoms with Crippen LogP contribution in [0.5, 0.6) is 0 Å². The first-order valence-corrected chi connectivity index (χ1v) is 6.87. The lowest BCUT2D eigenvalue weighted by Crippen LogP contribution is -2.15. The number of hydrogen-bond donors (Lipinski definition) is 1. The molecular formula is C15H12BrF4N. The van der Waals surface area contributed by atoms with Gasteiger partial charge in [0, 0.05) is 4.47 Å². The molecule has 0 fully saturated rings. The van der Waals surface area contributed by atoms with Gasteiger partial charge in [-0.05, 0) is 53.9 Å². The molecule has 0 aliphatic carbocycles. The molecule has 1 unspecified atom stereocenters. The lowest BCUT2D eigenvalue weighted by atomic mass is 9.96. The van der Waals surface area contributed by atoms with Crippen LogP contribution in [0.4, 0.5) is 17.6 Å². The smallest absolute Gasteiger partial charge is 0.320 e. The summed E-state index contributed by atoms with van der Waals surface area (Å²) < 4.78 is 52.2. The standard InChI is InChI=1S/C15H12BrF4N/c1-8-4-9(6-11(17)5-8)14(21)12-7-10(15(18,19)20)2-3-13(12)16/h2-7,14H,21H2,1H3. The average Bonchev–Trinajstić information content (AvgIpc) is 2.36. The highest BCUT2D eigenvalue weighted by molar-refractivity contribution is 9.10. The van der Waals surface area contributed by atoms with Gasteiger partial charge in [0.2, 0.25) is 0 Å². The van der Waals surface area contributed by atoms with Crippen LogP contribution in [0.2, 0.25) is 0 Å². The van der Waals surface area contributed by atoms with Gasteiger partial charge in [0.15, 0.2) is 0 Å². The van der Waals surface area contributed by atoms with Gasteiger partial charge < -0.3 is 5.73 Å². The molecule has 2 rings (SSSR count). The lowest BCUT2D eigenvalue weighted by molar-refractivity contribution is -0.137. The van der Waals surface area contributed by atoms with Crippen molar-refractivity contribution < 1.29 is 17.6 Å². The third-order valence-electron chi connectivity index (χ3n) is 3.08.